The minimum atomic E-state index is -4.96. The number of carbonyl (C=O) groups is 4. The van der Waals surface area contributed by atoms with E-state index < -0.39 is 97.5 Å². The van der Waals surface area contributed by atoms with Gasteiger partial charge in [0.05, 0.1) is 26.4 Å². The van der Waals surface area contributed by atoms with Crippen molar-refractivity contribution in [1.29, 1.82) is 0 Å². The van der Waals surface area contributed by atoms with E-state index in [9.17, 15) is 43.2 Å². The number of unbranched alkanes of at least 4 members (excludes halogenated alkanes) is 38. The zero-order valence-electron chi connectivity index (χ0n) is 63.0. The highest BCUT2D eigenvalue weighted by Crippen LogP contribution is 2.45. The molecule has 19 heteroatoms. The Labute approximate surface area is 588 Å². The molecule has 0 aliphatic carbocycles. The summed E-state index contributed by atoms with van der Waals surface area (Å²) in [5.41, 5.74) is 0. The van der Waals surface area contributed by atoms with E-state index in [4.69, 9.17) is 37.0 Å². The smallest absolute Gasteiger partial charge is 0.462 e. The number of carbonyl (C=O) groups excluding carboxylic acids is 4. The minimum absolute atomic E-state index is 0.101. The lowest BCUT2D eigenvalue weighted by atomic mass is 9.99. The molecule has 0 heterocycles. The summed E-state index contributed by atoms with van der Waals surface area (Å²) in [6.45, 7) is 14.2. The first-order valence-corrected chi connectivity index (χ1v) is 42.8. The van der Waals surface area contributed by atoms with E-state index in [1.165, 1.54) is 193 Å². The lowest BCUT2D eigenvalue weighted by Gasteiger charge is -2.21. The second-order valence-electron chi connectivity index (χ2n) is 29.2. The Kier molecular flexibility index (Phi) is 65.0. The first kappa shape index (κ1) is 94.1. The van der Waals surface area contributed by atoms with E-state index in [0.717, 1.165) is 108 Å². The predicted molar refractivity (Wildman–Crippen MR) is 391 cm³/mol. The van der Waals surface area contributed by atoms with Crippen molar-refractivity contribution in [2.45, 2.75) is 408 Å². The van der Waals surface area contributed by atoms with Gasteiger partial charge in [0.2, 0.25) is 0 Å². The molecule has 0 radical (unpaired) electrons. The Hall–Kier alpha value is -1.94. The predicted octanol–water partition coefficient (Wildman–Crippen LogP) is 22.4. The second-order valence-corrected chi connectivity index (χ2v) is 32.1. The van der Waals surface area contributed by atoms with Crippen molar-refractivity contribution in [2.24, 2.45) is 23.7 Å². The second kappa shape index (κ2) is 66.3. The summed E-state index contributed by atoms with van der Waals surface area (Å²) >= 11 is 0. The lowest BCUT2D eigenvalue weighted by Crippen LogP contribution is -2.30. The van der Waals surface area contributed by atoms with E-state index in [-0.39, 0.29) is 25.7 Å². The number of esters is 4. The van der Waals surface area contributed by atoms with Crippen LogP contribution >= 0.6 is 15.6 Å². The van der Waals surface area contributed by atoms with Gasteiger partial charge in [-0.05, 0) is 49.4 Å². The van der Waals surface area contributed by atoms with Gasteiger partial charge in [0.15, 0.2) is 12.2 Å². The Morgan fingerprint density at radius 3 is 0.740 bits per heavy atom. The van der Waals surface area contributed by atoms with Crippen LogP contribution in [0.25, 0.3) is 0 Å². The molecule has 0 rings (SSSR count). The van der Waals surface area contributed by atoms with E-state index in [0.29, 0.717) is 31.6 Å². The van der Waals surface area contributed by atoms with Crippen molar-refractivity contribution in [3.8, 4) is 0 Å². The van der Waals surface area contributed by atoms with Crippen LogP contribution in [-0.2, 0) is 65.4 Å². The first-order valence-electron chi connectivity index (χ1n) is 39.8. The average molecular weight is 1410 g/mol. The molecule has 0 fully saturated rings. The Morgan fingerprint density at radius 2 is 0.500 bits per heavy atom. The molecule has 0 aromatic heterocycles. The van der Waals surface area contributed by atoms with Crippen molar-refractivity contribution < 1.29 is 80.2 Å². The molecule has 0 amide bonds. The van der Waals surface area contributed by atoms with Crippen molar-refractivity contribution in [2.75, 3.05) is 39.6 Å². The van der Waals surface area contributed by atoms with Crippen LogP contribution in [0.4, 0.5) is 0 Å². The van der Waals surface area contributed by atoms with E-state index in [2.05, 4.69) is 55.4 Å². The van der Waals surface area contributed by atoms with Crippen molar-refractivity contribution in [3.63, 3.8) is 0 Å². The maximum absolute atomic E-state index is 13.1. The lowest BCUT2D eigenvalue weighted by molar-refractivity contribution is -0.161. The number of phosphoric acid groups is 2. The van der Waals surface area contributed by atoms with Crippen LogP contribution in [0.5, 0.6) is 0 Å². The van der Waals surface area contributed by atoms with Crippen LogP contribution in [0, 0.1) is 23.7 Å². The monoisotopic (exact) mass is 1410 g/mol. The molecule has 17 nitrogen and oxygen atoms in total. The zero-order valence-corrected chi connectivity index (χ0v) is 64.8. The summed E-state index contributed by atoms with van der Waals surface area (Å²) in [7, 11) is -9.91. The number of hydrogen-bond donors (Lipinski definition) is 3. The van der Waals surface area contributed by atoms with E-state index >= 15 is 0 Å². The van der Waals surface area contributed by atoms with Crippen molar-refractivity contribution >= 4 is 39.5 Å². The maximum atomic E-state index is 13.1. The van der Waals surface area contributed by atoms with Crippen LogP contribution in [0.2, 0.25) is 0 Å². The van der Waals surface area contributed by atoms with Gasteiger partial charge in [-0.3, -0.25) is 37.3 Å². The van der Waals surface area contributed by atoms with Crippen LogP contribution in [-0.4, -0.2) is 96.7 Å². The van der Waals surface area contributed by atoms with Crippen molar-refractivity contribution in [3.05, 3.63) is 0 Å². The van der Waals surface area contributed by atoms with Crippen LogP contribution in [0.15, 0.2) is 0 Å². The molecule has 0 aromatic rings. The molecule has 0 aliphatic rings. The van der Waals surface area contributed by atoms with Crippen molar-refractivity contribution in [1.82, 2.24) is 0 Å². The molecule has 7 atom stereocenters. The first-order chi connectivity index (χ1) is 46.2. The molecule has 96 heavy (non-hydrogen) atoms. The summed E-state index contributed by atoms with van der Waals surface area (Å²) in [5, 5.41) is 10.6. The summed E-state index contributed by atoms with van der Waals surface area (Å²) in [5.74, 6) is 0.951. The minimum Gasteiger partial charge on any atom is -0.462 e. The fourth-order valence-corrected chi connectivity index (χ4v) is 13.2. The van der Waals surface area contributed by atoms with Crippen LogP contribution in [0.1, 0.15) is 389 Å². The largest absolute Gasteiger partial charge is 0.472 e. The third-order valence-electron chi connectivity index (χ3n) is 18.5. The third kappa shape index (κ3) is 67.9. The quantitative estimate of drug-likeness (QED) is 0.0222. The van der Waals surface area contributed by atoms with Gasteiger partial charge in [-0.15, -0.1) is 0 Å². The van der Waals surface area contributed by atoms with E-state index in [1.807, 2.05) is 0 Å². The Morgan fingerprint density at radius 1 is 0.292 bits per heavy atom. The maximum Gasteiger partial charge on any atom is 0.472 e. The topological polar surface area (TPSA) is 237 Å². The normalized spacial score (nSPS) is 14.7. The molecule has 0 saturated carbocycles. The molecular weight excluding hydrogens is 1260 g/mol. The van der Waals surface area contributed by atoms with Gasteiger partial charge in [-0.25, -0.2) is 9.13 Å². The Balaban J connectivity index is 5.18. The number of hydrogen-bond acceptors (Lipinski definition) is 15. The van der Waals surface area contributed by atoms with E-state index in [1.54, 1.807) is 0 Å². The fraction of sp³-hybridized carbons (Fsp3) is 0.948. The molecule has 570 valence electrons. The fourth-order valence-electron chi connectivity index (χ4n) is 11.7. The number of aliphatic hydroxyl groups is 1. The molecular formula is C77H150O17P2. The standard InChI is InChI=1S/C77H150O17P2/c1-9-69(7)55-47-39-30-23-19-17-15-13-11-12-14-16-18-20-26-34-43-51-59-76(81)93-72(63-87-74(79)57-49-41-32-25-22-21-24-31-40-48-56-70(8)10-2)65-91-95(83,84)89-61-71(78)62-90-96(85,86)92-66-73(94-77(82)60-52-44-36-35-38-46-54-68(5)6)64-88-75(80)58-50-42-33-28-27-29-37-45-53-67(3)4/h67-73,78H,9-66H2,1-8H3,(H,83,84)(H,85,86)/t69?,70?,71?,72-,73-/m1/s1. The van der Waals surface area contributed by atoms with Crippen LogP contribution in [0.3, 0.4) is 0 Å². The van der Waals surface area contributed by atoms with Gasteiger partial charge in [0, 0.05) is 25.7 Å². The zero-order chi connectivity index (χ0) is 71.0. The third-order valence-corrected chi connectivity index (χ3v) is 20.4. The molecule has 0 aliphatic heterocycles. The highest BCUT2D eigenvalue weighted by atomic mass is 31.2. The number of rotatable bonds is 74. The van der Waals surface area contributed by atoms with Gasteiger partial charge in [-0.1, -0.05) is 338 Å². The summed E-state index contributed by atoms with van der Waals surface area (Å²) in [4.78, 5) is 72.7. The number of aliphatic hydroxyl groups excluding tert-OH is 1. The molecule has 0 aromatic carbocycles. The Bertz CT molecular complexity index is 1890. The van der Waals surface area contributed by atoms with Gasteiger partial charge in [0.25, 0.3) is 0 Å². The highest BCUT2D eigenvalue weighted by Gasteiger charge is 2.30. The summed E-state index contributed by atoms with van der Waals surface area (Å²) < 4.78 is 68.5. The van der Waals surface area contributed by atoms with Gasteiger partial charge < -0.3 is 33.8 Å². The SMILES string of the molecule is CCC(C)CCCCCCCCCCCCCCCCCCCCC(=O)O[C@H](COC(=O)CCCCCCCCCCCCC(C)CC)COP(=O)(O)OCC(O)COP(=O)(O)OC[C@@H](COC(=O)CCCCCCCCCCC(C)C)OC(=O)CCCCCCCCC(C)C. The van der Waals surface area contributed by atoms with Gasteiger partial charge in [0.1, 0.15) is 19.3 Å². The molecule has 0 saturated heterocycles. The van der Waals surface area contributed by atoms with Gasteiger partial charge >= 0.3 is 39.5 Å². The van der Waals surface area contributed by atoms with Crippen LogP contribution < -0.4 is 0 Å². The number of ether oxygens (including phenoxy) is 4. The summed E-state index contributed by atoms with van der Waals surface area (Å²) in [6, 6.07) is 0. The molecule has 0 bridgehead atoms. The molecule has 0 spiro atoms. The average Bonchev–Trinajstić information content (AvgIpc) is 1.55. The summed E-state index contributed by atoms with van der Waals surface area (Å²) in [6.07, 6.45) is 51.6. The van der Waals surface area contributed by atoms with Gasteiger partial charge in [-0.2, -0.15) is 0 Å². The molecule has 5 unspecified atom stereocenters. The highest BCUT2D eigenvalue weighted by molar-refractivity contribution is 7.47. The molecule has 3 N–H and O–H groups in total. The number of phosphoric ester groups is 2.